The molecule has 0 aliphatic heterocycles. The molecule has 0 saturated carbocycles. The third-order valence-corrected chi connectivity index (χ3v) is 3.25. The second-order valence-corrected chi connectivity index (χ2v) is 5.23. The van der Waals surface area contributed by atoms with Gasteiger partial charge >= 0.3 is 5.97 Å². The second kappa shape index (κ2) is 8.29. The van der Waals surface area contributed by atoms with Crippen LogP contribution in [0.15, 0.2) is 24.3 Å². The molecule has 5 nitrogen and oxygen atoms in total. The Labute approximate surface area is 125 Å². The number of benzene rings is 1. The smallest absolute Gasteiger partial charge is 0.306 e. The van der Waals surface area contributed by atoms with Crippen LogP contribution in [-0.2, 0) is 9.59 Å². The van der Waals surface area contributed by atoms with E-state index < -0.39 is 11.9 Å². The molecule has 0 saturated heterocycles. The maximum Gasteiger partial charge on any atom is 0.306 e. The van der Waals surface area contributed by atoms with Crippen molar-refractivity contribution >= 4 is 17.6 Å². The van der Waals surface area contributed by atoms with Crippen LogP contribution in [0, 0.1) is 11.8 Å². The van der Waals surface area contributed by atoms with Crippen LogP contribution in [0.25, 0.3) is 0 Å². The third kappa shape index (κ3) is 5.85. The number of ether oxygens (including phenoxy) is 1. The molecule has 1 aromatic rings. The van der Waals surface area contributed by atoms with Crippen LogP contribution in [0.1, 0.15) is 33.6 Å². The lowest BCUT2D eigenvalue weighted by Crippen LogP contribution is -2.22. The fourth-order valence-corrected chi connectivity index (χ4v) is 2.05. The van der Waals surface area contributed by atoms with Crippen LogP contribution in [-0.4, -0.2) is 23.6 Å². The summed E-state index contributed by atoms with van der Waals surface area (Å²) < 4.78 is 5.32. The summed E-state index contributed by atoms with van der Waals surface area (Å²) in [5.41, 5.74) is 0.680. The van der Waals surface area contributed by atoms with Crippen LogP contribution < -0.4 is 10.1 Å². The van der Waals surface area contributed by atoms with E-state index in [1.807, 2.05) is 20.8 Å². The zero-order valence-corrected chi connectivity index (χ0v) is 12.8. The van der Waals surface area contributed by atoms with E-state index in [2.05, 4.69) is 5.32 Å². The van der Waals surface area contributed by atoms with Gasteiger partial charge in [0.15, 0.2) is 0 Å². The largest absolute Gasteiger partial charge is 0.494 e. The van der Waals surface area contributed by atoms with E-state index in [4.69, 9.17) is 9.84 Å². The quantitative estimate of drug-likeness (QED) is 0.772. The molecular weight excluding hydrogens is 270 g/mol. The summed E-state index contributed by atoms with van der Waals surface area (Å²) in [6.45, 7) is 6.20. The first-order chi connectivity index (χ1) is 9.93. The zero-order valence-electron chi connectivity index (χ0n) is 12.8. The summed E-state index contributed by atoms with van der Waals surface area (Å²) >= 11 is 0. The van der Waals surface area contributed by atoms with Gasteiger partial charge in [0.1, 0.15) is 5.75 Å². The van der Waals surface area contributed by atoms with E-state index in [1.54, 1.807) is 24.3 Å². The van der Waals surface area contributed by atoms with Gasteiger partial charge in [-0.2, -0.15) is 0 Å². The predicted molar refractivity (Wildman–Crippen MR) is 81.4 cm³/mol. The van der Waals surface area contributed by atoms with Gasteiger partial charge in [-0.3, -0.25) is 9.59 Å². The molecule has 0 bridgehead atoms. The number of rotatable bonds is 8. The van der Waals surface area contributed by atoms with E-state index in [0.717, 1.165) is 5.75 Å². The molecule has 0 fully saturated rings. The van der Waals surface area contributed by atoms with Gasteiger partial charge in [-0.15, -0.1) is 0 Å². The number of anilines is 1. The van der Waals surface area contributed by atoms with Crippen LogP contribution in [0.5, 0.6) is 5.75 Å². The summed E-state index contributed by atoms with van der Waals surface area (Å²) in [5, 5.41) is 11.8. The first kappa shape index (κ1) is 17.0. The molecule has 1 atom stereocenters. The van der Waals surface area contributed by atoms with E-state index in [0.29, 0.717) is 18.7 Å². The molecule has 0 radical (unpaired) electrons. The number of hydrogen-bond acceptors (Lipinski definition) is 3. The van der Waals surface area contributed by atoms with Crippen LogP contribution in [0.2, 0.25) is 0 Å². The van der Waals surface area contributed by atoms with E-state index in [1.165, 1.54) is 0 Å². The third-order valence-electron chi connectivity index (χ3n) is 3.25. The maximum absolute atomic E-state index is 11.8. The van der Waals surface area contributed by atoms with E-state index in [9.17, 15) is 9.59 Å². The summed E-state index contributed by atoms with van der Waals surface area (Å²) in [6, 6.07) is 7.10. The van der Waals surface area contributed by atoms with Crippen molar-refractivity contribution in [3.05, 3.63) is 24.3 Å². The molecule has 2 N–H and O–H groups in total. The van der Waals surface area contributed by atoms with Crippen molar-refractivity contribution in [2.45, 2.75) is 33.6 Å². The Bertz CT molecular complexity index is 468. The second-order valence-electron chi connectivity index (χ2n) is 5.23. The first-order valence-electron chi connectivity index (χ1n) is 7.19. The molecule has 0 spiro atoms. The summed E-state index contributed by atoms with van der Waals surface area (Å²) in [7, 11) is 0. The molecule has 0 aromatic heterocycles. The minimum atomic E-state index is -0.848. The lowest BCUT2D eigenvalue weighted by Gasteiger charge is -2.15. The number of carbonyl (C=O) groups excluding carboxylic acids is 1. The Morgan fingerprint density at radius 3 is 2.33 bits per heavy atom. The lowest BCUT2D eigenvalue weighted by atomic mass is 9.91. The van der Waals surface area contributed by atoms with Gasteiger partial charge in [0.25, 0.3) is 0 Å². The molecule has 5 heteroatoms. The van der Waals surface area contributed by atoms with E-state index >= 15 is 0 Å². The number of carboxylic acid groups (broad SMARTS) is 1. The van der Waals surface area contributed by atoms with Gasteiger partial charge in [-0.05, 0) is 43.5 Å². The molecule has 1 unspecified atom stereocenters. The summed E-state index contributed by atoms with van der Waals surface area (Å²) in [4.78, 5) is 22.9. The molecule has 1 aromatic carbocycles. The Hall–Kier alpha value is -2.04. The van der Waals surface area contributed by atoms with Crippen molar-refractivity contribution in [2.75, 3.05) is 11.9 Å². The average Bonchev–Trinajstić information content (AvgIpc) is 2.40. The molecular formula is C16H23NO4. The Morgan fingerprint density at radius 1 is 1.24 bits per heavy atom. The minimum Gasteiger partial charge on any atom is -0.494 e. The van der Waals surface area contributed by atoms with Crippen molar-refractivity contribution in [1.82, 2.24) is 0 Å². The molecule has 0 aliphatic carbocycles. The predicted octanol–water partition coefficient (Wildman–Crippen LogP) is 3.16. The maximum atomic E-state index is 11.8. The average molecular weight is 293 g/mol. The van der Waals surface area contributed by atoms with Crippen molar-refractivity contribution in [3.63, 3.8) is 0 Å². The van der Waals surface area contributed by atoms with Crippen molar-refractivity contribution in [2.24, 2.45) is 11.8 Å². The highest BCUT2D eigenvalue weighted by Gasteiger charge is 2.22. The van der Waals surface area contributed by atoms with Gasteiger partial charge < -0.3 is 15.2 Å². The van der Waals surface area contributed by atoms with E-state index in [-0.39, 0.29) is 18.2 Å². The number of hydrogen-bond donors (Lipinski definition) is 2. The van der Waals surface area contributed by atoms with Crippen molar-refractivity contribution in [3.8, 4) is 5.75 Å². The normalized spacial score (nSPS) is 12.0. The highest BCUT2D eigenvalue weighted by Crippen LogP contribution is 2.19. The standard InChI is InChI=1S/C16H23NO4/c1-4-21-13-7-5-12(6-8-13)17-15(18)10-9-14(11(2)3)16(19)20/h5-8,11,14H,4,9-10H2,1-3H3,(H,17,18)(H,19,20). The van der Waals surface area contributed by atoms with Gasteiger partial charge in [-0.25, -0.2) is 0 Å². The first-order valence-corrected chi connectivity index (χ1v) is 7.19. The number of carboxylic acids is 1. The fraction of sp³-hybridized carbons (Fsp3) is 0.500. The zero-order chi connectivity index (χ0) is 15.8. The summed E-state index contributed by atoms with van der Waals surface area (Å²) in [6.07, 6.45) is 0.540. The molecule has 21 heavy (non-hydrogen) atoms. The highest BCUT2D eigenvalue weighted by molar-refractivity contribution is 5.91. The molecule has 0 aliphatic rings. The Kier molecular flexibility index (Phi) is 6.72. The Morgan fingerprint density at radius 2 is 1.86 bits per heavy atom. The molecule has 1 rings (SSSR count). The van der Waals surface area contributed by atoms with Crippen molar-refractivity contribution < 1.29 is 19.4 Å². The van der Waals surface area contributed by atoms with Crippen LogP contribution in [0.3, 0.4) is 0 Å². The molecule has 0 heterocycles. The minimum absolute atomic E-state index is 0.0146. The molecule has 116 valence electrons. The van der Waals surface area contributed by atoms with Gasteiger partial charge in [0, 0.05) is 12.1 Å². The lowest BCUT2D eigenvalue weighted by molar-refractivity contribution is -0.143. The van der Waals surface area contributed by atoms with Gasteiger partial charge in [0.2, 0.25) is 5.91 Å². The fourth-order valence-electron chi connectivity index (χ4n) is 2.05. The molecule has 1 amide bonds. The number of carbonyl (C=O) groups is 2. The number of amides is 1. The number of nitrogens with one attached hydrogen (secondary N) is 1. The van der Waals surface area contributed by atoms with Crippen molar-refractivity contribution in [1.29, 1.82) is 0 Å². The summed E-state index contributed by atoms with van der Waals surface area (Å²) in [5.74, 6) is -0.747. The Balaban J connectivity index is 2.48. The SMILES string of the molecule is CCOc1ccc(NC(=O)CCC(C(=O)O)C(C)C)cc1. The topological polar surface area (TPSA) is 75.6 Å². The monoisotopic (exact) mass is 293 g/mol. The highest BCUT2D eigenvalue weighted by atomic mass is 16.5. The van der Waals surface area contributed by atoms with Crippen LogP contribution in [0.4, 0.5) is 5.69 Å². The van der Waals surface area contributed by atoms with Gasteiger partial charge in [0.05, 0.1) is 12.5 Å². The number of aliphatic carboxylic acids is 1. The van der Waals surface area contributed by atoms with Gasteiger partial charge in [-0.1, -0.05) is 13.8 Å². The van der Waals surface area contributed by atoms with Crippen LogP contribution >= 0.6 is 0 Å².